The molecule has 5 rings (SSSR count). The van der Waals surface area contributed by atoms with E-state index in [9.17, 15) is 0 Å². The van der Waals surface area contributed by atoms with E-state index in [1.807, 2.05) is 67.5 Å². The number of fused-ring (bicyclic) bond motifs is 1. The second kappa shape index (κ2) is 12.1. The van der Waals surface area contributed by atoms with Gasteiger partial charge >= 0.3 is 0 Å². The molecule has 7 heteroatoms. The number of hydrogen-bond donors (Lipinski definition) is 2. The lowest BCUT2D eigenvalue weighted by Crippen LogP contribution is -2.37. The van der Waals surface area contributed by atoms with Crippen LogP contribution in [-0.2, 0) is 13.2 Å². The number of ether oxygens (including phenoxy) is 2. The van der Waals surface area contributed by atoms with Crippen molar-refractivity contribution >= 4 is 22.7 Å². The Morgan fingerprint density at radius 3 is 2.34 bits per heavy atom. The number of methoxy groups -OCH3 is 1. The fourth-order valence-corrected chi connectivity index (χ4v) is 5.10. The van der Waals surface area contributed by atoms with Crippen LogP contribution >= 0.6 is 0 Å². The Bertz CT molecular complexity index is 1340. The summed E-state index contributed by atoms with van der Waals surface area (Å²) in [5.74, 6) is 3.23. The van der Waals surface area contributed by atoms with Crippen LogP contribution < -0.4 is 25.0 Å². The SMILES string of the molecule is COc1cccc(CNC2CCC(Nc3nc(N(C)C)c4ccccc4n3)CC2)c1OCc1ccccc1. The van der Waals surface area contributed by atoms with E-state index in [1.165, 1.54) is 0 Å². The molecule has 0 atom stereocenters. The summed E-state index contributed by atoms with van der Waals surface area (Å²) in [6.07, 6.45) is 4.33. The molecule has 1 saturated carbocycles. The van der Waals surface area contributed by atoms with Gasteiger partial charge in [-0.2, -0.15) is 4.98 Å². The van der Waals surface area contributed by atoms with Gasteiger partial charge in [-0.05, 0) is 49.4 Å². The van der Waals surface area contributed by atoms with Crippen LogP contribution in [0.4, 0.5) is 11.8 Å². The first-order valence-corrected chi connectivity index (χ1v) is 13.4. The molecule has 0 unspecified atom stereocenters. The van der Waals surface area contributed by atoms with Crippen LogP contribution in [0.1, 0.15) is 36.8 Å². The Morgan fingerprint density at radius 1 is 0.842 bits per heavy atom. The molecule has 0 bridgehead atoms. The Hall–Kier alpha value is -3.84. The largest absolute Gasteiger partial charge is 0.493 e. The third kappa shape index (κ3) is 6.17. The number of nitrogens with zero attached hydrogens (tertiary/aromatic N) is 3. The van der Waals surface area contributed by atoms with Gasteiger partial charge in [0.1, 0.15) is 12.4 Å². The van der Waals surface area contributed by atoms with Gasteiger partial charge in [-0.3, -0.25) is 0 Å². The lowest BCUT2D eigenvalue weighted by atomic mass is 9.91. The average molecular weight is 512 g/mol. The van der Waals surface area contributed by atoms with Crippen LogP contribution in [0.5, 0.6) is 11.5 Å². The molecule has 1 aliphatic carbocycles. The average Bonchev–Trinajstić information content (AvgIpc) is 2.95. The van der Waals surface area contributed by atoms with Crippen molar-refractivity contribution in [3.05, 3.63) is 83.9 Å². The molecule has 2 N–H and O–H groups in total. The van der Waals surface area contributed by atoms with Gasteiger partial charge in [0, 0.05) is 43.7 Å². The van der Waals surface area contributed by atoms with Crippen LogP contribution in [0.2, 0.25) is 0 Å². The first kappa shape index (κ1) is 25.8. The highest BCUT2D eigenvalue weighted by atomic mass is 16.5. The summed E-state index contributed by atoms with van der Waals surface area (Å²) < 4.78 is 11.8. The Labute approximate surface area is 225 Å². The van der Waals surface area contributed by atoms with E-state index in [1.54, 1.807) is 7.11 Å². The second-order valence-electron chi connectivity index (χ2n) is 10.1. The molecule has 0 radical (unpaired) electrons. The molecule has 0 amide bonds. The van der Waals surface area contributed by atoms with Gasteiger partial charge < -0.3 is 25.0 Å². The van der Waals surface area contributed by atoms with Gasteiger partial charge in [-0.15, -0.1) is 0 Å². The molecule has 0 spiro atoms. The zero-order valence-corrected chi connectivity index (χ0v) is 22.5. The highest BCUT2D eigenvalue weighted by Gasteiger charge is 2.23. The topological polar surface area (TPSA) is 71.5 Å². The van der Waals surface area contributed by atoms with Gasteiger partial charge in [0.2, 0.25) is 5.95 Å². The van der Waals surface area contributed by atoms with Crippen molar-refractivity contribution in [2.45, 2.75) is 50.9 Å². The van der Waals surface area contributed by atoms with Crippen LogP contribution in [-0.4, -0.2) is 43.3 Å². The lowest BCUT2D eigenvalue weighted by molar-refractivity contribution is 0.278. The van der Waals surface area contributed by atoms with E-state index in [4.69, 9.17) is 19.4 Å². The summed E-state index contributed by atoms with van der Waals surface area (Å²) >= 11 is 0. The van der Waals surface area contributed by atoms with E-state index in [-0.39, 0.29) is 0 Å². The van der Waals surface area contributed by atoms with E-state index in [2.05, 4.69) is 34.9 Å². The maximum Gasteiger partial charge on any atom is 0.225 e. The summed E-state index contributed by atoms with van der Waals surface area (Å²) in [5, 5.41) is 8.44. The van der Waals surface area contributed by atoms with Crippen molar-refractivity contribution < 1.29 is 9.47 Å². The standard InChI is InChI=1S/C31H37N5O2/c1-36(2)30-26-13-7-8-14-27(26)34-31(35-30)33-25-18-16-24(17-19-25)32-20-23-12-9-15-28(37-3)29(23)38-21-22-10-5-4-6-11-22/h4-15,24-25,32H,16-21H2,1-3H3,(H,33,34,35). The summed E-state index contributed by atoms with van der Waals surface area (Å²) in [6, 6.07) is 25.3. The minimum absolute atomic E-state index is 0.366. The molecule has 3 aromatic carbocycles. The summed E-state index contributed by atoms with van der Waals surface area (Å²) in [7, 11) is 5.74. The minimum Gasteiger partial charge on any atom is -0.493 e. The van der Waals surface area contributed by atoms with E-state index < -0.39 is 0 Å². The van der Waals surface area contributed by atoms with Crippen molar-refractivity contribution in [3.8, 4) is 11.5 Å². The molecule has 4 aromatic rings. The molecule has 1 fully saturated rings. The van der Waals surface area contributed by atoms with Crippen molar-refractivity contribution in [2.24, 2.45) is 0 Å². The summed E-state index contributed by atoms with van der Waals surface area (Å²) in [5.41, 5.74) is 3.21. The number of aromatic nitrogens is 2. The van der Waals surface area contributed by atoms with Gasteiger partial charge in [0.05, 0.1) is 12.6 Å². The number of nitrogens with one attached hydrogen (secondary N) is 2. The molecule has 198 valence electrons. The molecule has 1 aliphatic rings. The van der Waals surface area contributed by atoms with E-state index >= 15 is 0 Å². The number of rotatable bonds is 10. The molecule has 1 aromatic heterocycles. The van der Waals surface area contributed by atoms with Gasteiger partial charge in [0.15, 0.2) is 11.5 Å². The van der Waals surface area contributed by atoms with E-state index in [0.717, 1.165) is 71.6 Å². The van der Waals surface area contributed by atoms with Crippen LogP contribution in [0.3, 0.4) is 0 Å². The Balaban J connectivity index is 1.17. The quantitative estimate of drug-likeness (QED) is 0.279. The highest BCUT2D eigenvalue weighted by molar-refractivity contribution is 5.90. The Kier molecular flexibility index (Phi) is 8.24. The number of benzene rings is 3. The van der Waals surface area contributed by atoms with Crippen molar-refractivity contribution in [1.29, 1.82) is 0 Å². The van der Waals surface area contributed by atoms with Crippen LogP contribution in [0.25, 0.3) is 10.9 Å². The summed E-state index contributed by atoms with van der Waals surface area (Å²) in [4.78, 5) is 11.6. The molecular formula is C31H37N5O2. The fourth-order valence-electron chi connectivity index (χ4n) is 5.10. The van der Waals surface area contributed by atoms with Crippen molar-refractivity contribution in [3.63, 3.8) is 0 Å². The molecule has 1 heterocycles. The monoisotopic (exact) mass is 511 g/mol. The molecule has 38 heavy (non-hydrogen) atoms. The van der Waals surface area contributed by atoms with Gasteiger partial charge in [0.25, 0.3) is 0 Å². The third-order valence-corrected chi connectivity index (χ3v) is 7.15. The number of anilines is 2. The van der Waals surface area contributed by atoms with Gasteiger partial charge in [-0.25, -0.2) is 4.98 Å². The maximum atomic E-state index is 6.23. The van der Waals surface area contributed by atoms with Crippen LogP contribution in [0.15, 0.2) is 72.8 Å². The minimum atomic E-state index is 0.366. The first-order chi connectivity index (χ1) is 18.6. The zero-order valence-electron chi connectivity index (χ0n) is 22.5. The molecule has 7 nitrogen and oxygen atoms in total. The number of hydrogen-bond acceptors (Lipinski definition) is 7. The molecular weight excluding hydrogens is 474 g/mol. The highest BCUT2D eigenvalue weighted by Crippen LogP contribution is 2.32. The second-order valence-corrected chi connectivity index (χ2v) is 10.1. The van der Waals surface area contributed by atoms with Crippen LogP contribution in [0, 0.1) is 0 Å². The summed E-state index contributed by atoms with van der Waals surface area (Å²) in [6.45, 7) is 1.25. The van der Waals surface area contributed by atoms with E-state index in [0.29, 0.717) is 24.6 Å². The van der Waals surface area contributed by atoms with Gasteiger partial charge in [-0.1, -0.05) is 54.6 Å². The Morgan fingerprint density at radius 2 is 1.58 bits per heavy atom. The molecule has 0 aliphatic heterocycles. The van der Waals surface area contributed by atoms with Crippen molar-refractivity contribution in [1.82, 2.24) is 15.3 Å². The zero-order chi connectivity index (χ0) is 26.3. The maximum absolute atomic E-state index is 6.23. The first-order valence-electron chi connectivity index (χ1n) is 13.4. The van der Waals surface area contributed by atoms with Crippen molar-refractivity contribution in [2.75, 3.05) is 31.4 Å². The molecule has 0 saturated heterocycles. The smallest absolute Gasteiger partial charge is 0.225 e. The predicted octanol–water partition coefficient (Wildman–Crippen LogP) is 5.80. The fraction of sp³-hybridized carbons (Fsp3) is 0.355. The third-order valence-electron chi connectivity index (χ3n) is 7.15. The lowest BCUT2D eigenvalue weighted by Gasteiger charge is -2.30. The normalized spacial score (nSPS) is 17.2. The predicted molar refractivity (Wildman–Crippen MR) is 154 cm³/mol. The number of para-hydroxylation sites is 2.